The molecule has 4 nitrogen and oxygen atoms in total. The molecule has 2 atom stereocenters. The van der Waals surface area contributed by atoms with Crippen LogP contribution in [0.1, 0.15) is 63.0 Å². The molecule has 0 bridgehead atoms. The molecule has 0 saturated heterocycles. The molecule has 1 unspecified atom stereocenters. The van der Waals surface area contributed by atoms with Gasteiger partial charge in [-0.15, -0.1) is 0 Å². The molecule has 1 N–H and O–H groups in total. The number of carbonyl (C=O) groups is 1. The standard InChI is InChI=1S/C27H34O4/c1-27(2,31-22-13-5-4-6-14-22)19-9-12-20-10-7-15-23(20)24-16-8-11-21(26(24)29)17-18-25(28)30-3/h4-6,8-9,11-14,16,20,23,29H,7,10,15,17-19H2,1-3H3/b12-9+/t20?,23-/m0/s1. The first kappa shape index (κ1) is 22.9. The number of allylic oxidation sites excluding steroid dienone is 1. The maximum Gasteiger partial charge on any atom is 0.305 e. The second kappa shape index (κ2) is 10.5. The van der Waals surface area contributed by atoms with E-state index < -0.39 is 0 Å². The average Bonchev–Trinajstić information content (AvgIpc) is 3.21. The first-order valence-electron chi connectivity index (χ1n) is 11.2. The number of aromatic hydroxyl groups is 1. The number of ether oxygens (including phenoxy) is 2. The fraction of sp³-hybridized carbons (Fsp3) is 0.444. The number of phenols is 1. The van der Waals surface area contributed by atoms with Gasteiger partial charge in [0.15, 0.2) is 0 Å². The molecule has 0 aromatic heterocycles. The van der Waals surface area contributed by atoms with Gasteiger partial charge in [0.25, 0.3) is 0 Å². The number of esters is 1. The minimum absolute atomic E-state index is 0.258. The van der Waals surface area contributed by atoms with Gasteiger partial charge in [0.2, 0.25) is 0 Å². The van der Waals surface area contributed by atoms with Crippen molar-refractivity contribution in [3.8, 4) is 11.5 Å². The highest BCUT2D eigenvalue weighted by Crippen LogP contribution is 2.44. The molecule has 1 saturated carbocycles. The summed E-state index contributed by atoms with van der Waals surface area (Å²) in [6, 6.07) is 15.8. The molecule has 166 valence electrons. The highest BCUT2D eigenvalue weighted by Gasteiger charge is 2.29. The third kappa shape index (κ3) is 6.36. The van der Waals surface area contributed by atoms with Crippen LogP contribution in [0, 0.1) is 5.92 Å². The highest BCUT2D eigenvalue weighted by molar-refractivity contribution is 5.69. The summed E-state index contributed by atoms with van der Waals surface area (Å²) in [6.45, 7) is 4.21. The maximum absolute atomic E-state index is 11.5. The molecule has 1 aliphatic rings. The van der Waals surface area contributed by atoms with Gasteiger partial charge < -0.3 is 14.6 Å². The van der Waals surface area contributed by atoms with Gasteiger partial charge in [0.1, 0.15) is 17.1 Å². The van der Waals surface area contributed by atoms with E-state index in [2.05, 4.69) is 26.0 Å². The van der Waals surface area contributed by atoms with Crippen molar-refractivity contribution in [2.24, 2.45) is 5.92 Å². The molecular weight excluding hydrogens is 388 g/mol. The minimum Gasteiger partial charge on any atom is -0.507 e. The zero-order valence-corrected chi connectivity index (χ0v) is 18.8. The Labute approximate surface area is 185 Å². The molecule has 0 aliphatic heterocycles. The van der Waals surface area contributed by atoms with Crippen LogP contribution in [0.4, 0.5) is 0 Å². The molecule has 0 radical (unpaired) electrons. The first-order valence-corrected chi connectivity index (χ1v) is 11.2. The molecule has 0 heterocycles. The van der Waals surface area contributed by atoms with Gasteiger partial charge in [0.05, 0.1) is 7.11 Å². The van der Waals surface area contributed by atoms with E-state index >= 15 is 0 Å². The number of benzene rings is 2. The van der Waals surface area contributed by atoms with Crippen molar-refractivity contribution in [2.75, 3.05) is 7.11 Å². The number of rotatable bonds is 9. The minimum atomic E-state index is -0.290. The molecule has 2 aromatic carbocycles. The Morgan fingerprint density at radius 2 is 1.90 bits per heavy atom. The lowest BCUT2D eigenvalue weighted by Gasteiger charge is -2.25. The SMILES string of the molecule is COC(=O)CCc1cccc([C@H]2CCCC2/C=C/CC(C)(C)Oc2ccccc2)c1O. The smallest absolute Gasteiger partial charge is 0.305 e. The number of phenolic OH excluding ortho intramolecular Hbond substituents is 1. The van der Waals surface area contributed by atoms with Crippen molar-refractivity contribution in [3.05, 3.63) is 71.8 Å². The summed E-state index contributed by atoms with van der Waals surface area (Å²) >= 11 is 0. The zero-order chi connectivity index (χ0) is 22.3. The predicted molar refractivity (Wildman–Crippen MR) is 123 cm³/mol. The van der Waals surface area contributed by atoms with E-state index in [1.54, 1.807) is 0 Å². The van der Waals surface area contributed by atoms with Crippen LogP contribution >= 0.6 is 0 Å². The van der Waals surface area contributed by atoms with Gasteiger partial charge in [0, 0.05) is 12.8 Å². The fourth-order valence-electron chi connectivity index (χ4n) is 4.43. The summed E-state index contributed by atoms with van der Waals surface area (Å²) in [5.41, 5.74) is 1.52. The van der Waals surface area contributed by atoms with E-state index in [1.807, 2.05) is 48.5 Å². The lowest BCUT2D eigenvalue weighted by atomic mass is 9.86. The summed E-state index contributed by atoms with van der Waals surface area (Å²) in [5, 5.41) is 10.9. The molecule has 2 aromatic rings. The fourth-order valence-corrected chi connectivity index (χ4v) is 4.43. The number of hydrogen-bond donors (Lipinski definition) is 1. The predicted octanol–water partition coefficient (Wildman–Crippen LogP) is 6.19. The largest absolute Gasteiger partial charge is 0.507 e. The summed E-state index contributed by atoms with van der Waals surface area (Å²) in [7, 11) is 1.39. The van der Waals surface area contributed by atoms with Crippen molar-refractivity contribution in [1.29, 1.82) is 0 Å². The topological polar surface area (TPSA) is 55.8 Å². The van der Waals surface area contributed by atoms with E-state index in [1.165, 1.54) is 7.11 Å². The molecule has 0 spiro atoms. The van der Waals surface area contributed by atoms with Gasteiger partial charge in [-0.2, -0.15) is 0 Å². The van der Waals surface area contributed by atoms with Gasteiger partial charge in [-0.25, -0.2) is 0 Å². The highest BCUT2D eigenvalue weighted by atomic mass is 16.5. The third-order valence-electron chi connectivity index (χ3n) is 6.08. The molecule has 31 heavy (non-hydrogen) atoms. The number of methoxy groups -OCH3 is 1. The van der Waals surface area contributed by atoms with Crippen molar-refractivity contribution in [1.82, 2.24) is 0 Å². The normalized spacial score (nSPS) is 18.9. The first-order chi connectivity index (χ1) is 14.9. The molecule has 3 rings (SSSR count). The maximum atomic E-state index is 11.5. The van der Waals surface area contributed by atoms with Gasteiger partial charge in [-0.3, -0.25) is 4.79 Å². The van der Waals surface area contributed by atoms with Gasteiger partial charge >= 0.3 is 5.97 Å². The molecule has 0 amide bonds. The van der Waals surface area contributed by atoms with Crippen LogP contribution in [0.5, 0.6) is 11.5 Å². The summed E-state index contributed by atoms with van der Waals surface area (Å²) in [5.74, 6) is 1.66. The quantitative estimate of drug-likeness (QED) is 0.387. The number of para-hydroxylation sites is 2. The molecule has 4 heteroatoms. The van der Waals surface area contributed by atoms with E-state index in [4.69, 9.17) is 9.47 Å². The van der Waals surface area contributed by atoms with E-state index in [0.29, 0.717) is 24.0 Å². The number of carbonyl (C=O) groups excluding carboxylic acids is 1. The summed E-state index contributed by atoms with van der Waals surface area (Å²) in [6.07, 6.45) is 9.44. The van der Waals surface area contributed by atoms with Gasteiger partial charge in [-0.05, 0) is 68.2 Å². The van der Waals surface area contributed by atoms with Crippen LogP contribution in [0.3, 0.4) is 0 Å². The van der Waals surface area contributed by atoms with Crippen LogP contribution in [0.15, 0.2) is 60.7 Å². The Hall–Kier alpha value is -2.75. The van der Waals surface area contributed by atoms with Gasteiger partial charge in [-0.1, -0.05) is 55.0 Å². The summed E-state index contributed by atoms with van der Waals surface area (Å²) in [4.78, 5) is 11.5. The Balaban J connectivity index is 1.65. The van der Waals surface area contributed by atoms with Crippen molar-refractivity contribution in [3.63, 3.8) is 0 Å². The van der Waals surface area contributed by atoms with E-state index in [9.17, 15) is 9.90 Å². The Bertz CT molecular complexity index is 885. The zero-order valence-electron chi connectivity index (χ0n) is 18.8. The number of aryl methyl sites for hydroxylation is 1. The number of hydrogen-bond acceptors (Lipinski definition) is 4. The van der Waals surface area contributed by atoms with Crippen molar-refractivity contribution in [2.45, 2.75) is 63.9 Å². The molecule has 1 fully saturated rings. The van der Waals surface area contributed by atoms with E-state index in [-0.39, 0.29) is 18.0 Å². The lowest BCUT2D eigenvalue weighted by Crippen LogP contribution is -2.27. The summed E-state index contributed by atoms with van der Waals surface area (Å²) < 4.78 is 10.9. The Kier molecular flexibility index (Phi) is 7.78. The van der Waals surface area contributed by atoms with Crippen molar-refractivity contribution < 1.29 is 19.4 Å². The molecular formula is C27H34O4. The Morgan fingerprint density at radius 3 is 2.65 bits per heavy atom. The van der Waals surface area contributed by atoms with Crippen LogP contribution in [-0.4, -0.2) is 23.8 Å². The van der Waals surface area contributed by atoms with Crippen LogP contribution < -0.4 is 4.74 Å². The second-order valence-corrected chi connectivity index (χ2v) is 8.94. The second-order valence-electron chi connectivity index (χ2n) is 8.94. The monoisotopic (exact) mass is 422 g/mol. The van der Waals surface area contributed by atoms with Crippen molar-refractivity contribution >= 4 is 5.97 Å². The van der Waals surface area contributed by atoms with Crippen LogP contribution in [-0.2, 0) is 16.0 Å². The third-order valence-corrected chi connectivity index (χ3v) is 6.08. The lowest BCUT2D eigenvalue weighted by molar-refractivity contribution is -0.140. The molecule has 1 aliphatic carbocycles. The van der Waals surface area contributed by atoms with E-state index in [0.717, 1.165) is 42.6 Å². The average molecular weight is 423 g/mol. The Morgan fingerprint density at radius 1 is 1.13 bits per heavy atom. The van der Waals surface area contributed by atoms with Crippen LogP contribution in [0.2, 0.25) is 0 Å². The van der Waals surface area contributed by atoms with Crippen LogP contribution in [0.25, 0.3) is 0 Å².